The highest BCUT2D eigenvalue weighted by Gasteiger charge is 2.38. The first kappa shape index (κ1) is 22.9. The highest BCUT2D eigenvalue weighted by Crippen LogP contribution is 2.39. The predicted octanol–water partition coefficient (Wildman–Crippen LogP) is 2.17. The molecule has 0 aromatic heterocycles. The van der Waals surface area contributed by atoms with Gasteiger partial charge in [-0.3, -0.25) is 9.59 Å². The van der Waals surface area contributed by atoms with E-state index in [4.69, 9.17) is 16.3 Å². The Labute approximate surface area is 176 Å². The first-order valence-electron chi connectivity index (χ1n) is 9.60. The van der Waals surface area contributed by atoms with E-state index in [0.29, 0.717) is 34.9 Å². The first-order chi connectivity index (χ1) is 13.8. The lowest BCUT2D eigenvalue weighted by atomic mass is 9.83. The Kier molecular flexibility index (Phi) is 8.22. The molecule has 0 fully saturated rings. The summed E-state index contributed by atoms with van der Waals surface area (Å²) in [7, 11) is 3.82. The lowest BCUT2D eigenvalue weighted by Crippen LogP contribution is -2.45. The fourth-order valence-electron chi connectivity index (χ4n) is 3.32. The molecule has 0 spiro atoms. The number of allylic oxidation sites excluding steroid dienone is 1. The summed E-state index contributed by atoms with van der Waals surface area (Å²) in [5.74, 6) is -1.52. The number of amides is 2. The van der Waals surface area contributed by atoms with Crippen LogP contribution in [0.25, 0.3) is 0 Å². The van der Waals surface area contributed by atoms with E-state index in [1.54, 1.807) is 32.0 Å². The van der Waals surface area contributed by atoms with E-state index >= 15 is 0 Å². The number of hydrogen-bond acceptors (Lipinski definition) is 5. The summed E-state index contributed by atoms with van der Waals surface area (Å²) >= 11 is 6.34. The summed E-state index contributed by atoms with van der Waals surface area (Å²) in [6.07, 6.45) is 0.0419. The number of nitrogens with zero attached hydrogens (tertiary/aromatic N) is 2. The van der Waals surface area contributed by atoms with Gasteiger partial charge in [0.25, 0.3) is 0 Å². The van der Waals surface area contributed by atoms with Crippen molar-refractivity contribution in [3.63, 3.8) is 0 Å². The van der Waals surface area contributed by atoms with Gasteiger partial charge >= 0.3 is 5.97 Å². The largest absolute Gasteiger partial charge is 0.463 e. The number of nitrogens with one attached hydrogen (secondary N) is 1. The summed E-state index contributed by atoms with van der Waals surface area (Å²) in [4.78, 5) is 41.2. The molecule has 1 heterocycles. The second kappa shape index (κ2) is 10.4. The van der Waals surface area contributed by atoms with Crippen molar-refractivity contribution in [1.82, 2.24) is 15.1 Å². The molecular formula is C21H28ClN3O4. The minimum absolute atomic E-state index is 0.0419. The maximum Gasteiger partial charge on any atom is 0.336 e. The van der Waals surface area contributed by atoms with Crippen molar-refractivity contribution in [1.29, 1.82) is 0 Å². The Balaban J connectivity index is 2.33. The highest BCUT2D eigenvalue weighted by molar-refractivity contribution is 6.31. The monoisotopic (exact) mass is 421 g/mol. The van der Waals surface area contributed by atoms with Gasteiger partial charge in [0.1, 0.15) is 6.54 Å². The summed E-state index contributed by atoms with van der Waals surface area (Å²) in [5, 5.41) is 3.27. The number of ether oxygens (including phenoxy) is 1. The Morgan fingerprint density at radius 3 is 2.62 bits per heavy atom. The lowest BCUT2D eigenvalue weighted by molar-refractivity contribution is -0.141. The Hall–Kier alpha value is -2.38. The van der Waals surface area contributed by atoms with Gasteiger partial charge in [0.05, 0.1) is 12.2 Å². The molecule has 1 unspecified atom stereocenters. The van der Waals surface area contributed by atoms with Crippen LogP contribution in [0.15, 0.2) is 35.5 Å². The molecule has 0 saturated heterocycles. The topological polar surface area (TPSA) is 79.0 Å². The Morgan fingerprint density at radius 1 is 1.31 bits per heavy atom. The third-order valence-corrected chi connectivity index (χ3v) is 5.13. The zero-order valence-electron chi connectivity index (χ0n) is 17.3. The summed E-state index contributed by atoms with van der Waals surface area (Å²) in [6, 6.07) is 7.14. The van der Waals surface area contributed by atoms with Crippen LogP contribution in [0.5, 0.6) is 0 Å². The third-order valence-electron chi connectivity index (χ3n) is 4.78. The average Bonchev–Trinajstić information content (AvgIpc) is 2.65. The summed E-state index contributed by atoms with van der Waals surface area (Å²) < 4.78 is 5.24. The molecule has 0 bridgehead atoms. The number of benzene rings is 1. The van der Waals surface area contributed by atoms with Crippen LogP contribution in [0.2, 0.25) is 5.02 Å². The number of carbonyl (C=O) groups excluding carboxylic acids is 3. The molecule has 1 aromatic carbocycles. The molecule has 7 nitrogen and oxygen atoms in total. The molecule has 29 heavy (non-hydrogen) atoms. The maximum absolute atomic E-state index is 12.9. The van der Waals surface area contributed by atoms with Crippen molar-refractivity contribution < 1.29 is 19.1 Å². The van der Waals surface area contributed by atoms with Crippen LogP contribution >= 0.6 is 11.6 Å². The molecule has 0 aliphatic carbocycles. The SMILES string of the molecule is CCOC(=O)C1=C(C)N(CC(=O)NCCN(C)C)C(=O)CC1c1ccccc1Cl. The zero-order chi connectivity index (χ0) is 21.6. The number of likely N-dealkylation sites (N-methyl/N-ethyl adjacent to an activating group) is 1. The number of carbonyl (C=O) groups is 3. The average molecular weight is 422 g/mol. The molecule has 1 N–H and O–H groups in total. The zero-order valence-corrected chi connectivity index (χ0v) is 18.1. The second-order valence-corrected chi connectivity index (χ2v) is 7.54. The van der Waals surface area contributed by atoms with Crippen molar-refractivity contribution in [2.75, 3.05) is 40.3 Å². The lowest BCUT2D eigenvalue weighted by Gasteiger charge is -2.34. The van der Waals surface area contributed by atoms with E-state index in [1.807, 2.05) is 25.1 Å². The molecule has 1 atom stereocenters. The predicted molar refractivity (Wildman–Crippen MR) is 111 cm³/mol. The molecule has 1 aliphatic rings. The smallest absolute Gasteiger partial charge is 0.336 e. The Morgan fingerprint density at radius 2 is 2.00 bits per heavy atom. The fraction of sp³-hybridized carbons (Fsp3) is 0.476. The van der Waals surface area contributed by atoms with Gasteiger partial charge in [0.15, 0.2) is 0 Å². The molecule has 8 heteroatoms. The third kappa shape index (κ3) is 5.81. The van der Waals surface area contributed by atoms with Gasteiger partial charge in [0, 0.05) is 36.1 Å². The number of hydrogen-bond donors (Lipinski definition) is 1. The molecule has 2 rings (SSSR count). The van der Waals surface area contributed by atoms with Crippen LogP contribution in [0.4, 0.5) is 0 Å². The van der Waals surface area contributed by atoms with Crippen molar-refractivity contribution in [3.05, 3.63) is 46.1 Å². The van der Waals surface area contributed by atoms with Crippen LogP contribution in [0.1, 0.15) is 31.7 Å². The van der Waals surface area contributed by atoms with Crippen molar-refractivity contribution in [2.24, 2.45) is 0 Å². The van der Waals surface area contributed by atoms with Crippen LogP contribution in [-0.4, -0.2) is 67.9 Å². The highest BCUT2D eigenvalue weighted by atomic mass is 35.5. The van der Waals surface area contributed by atoms with Crippen LogP contribution in [-0.2, 0) is 19.1 Å². The second-order valence-electron chi connectivity index (χ2n) is 7.13. The van der Waals surface area contributed by atoms with E-state index in [9.17, 15) is 14.4 Å². The number of halogens is 1. The maximum atomic E-state index is 12.9. The number of esters is 1. The van der Waals surface area contributed by atoms with E-state index in [1.165, 1.54) is 4.90 Å². The van der Waals surface area contributed by atoms with Gasteiger partial charge in [-0.05, 0) is 39.6 Å². The molecule has 1 aliphatic heterocycles. The normalized spacial score (nSPS) is 17.0. The summed E-state index contributed by atoms with van der Waals surface area (Å²) in [5.41, 5.74) is 1.48. The van der Waals surface area contributed by atoms with E-state index in [-0.39, 0.29) is 31.4 Å². The minimum atomic E-state index is -0.511. The molecule has 1 aromatic rings. The molecule has 0 saturated carbocycles. The van der Waals surface area contributed by atoms with Gasteiger partial charge in [-0.25, -0.2) is 4.79 Å². The quantitative estimate of drug-likeness (QED) is 0.651. The standard InChI is InChI=1S/C21H28ClN3O4/c1-5-29-21(28)20-14(2)25(13-18(26)23-10-11-24(3)4)19(27)12-16(20)15-8-6-7-9-17(15)22/h6-9,16H,5,10-13H2,1-4H3,(H,23,26). The minimum Gasteiger partial charge on any atom is -0.463 e. The van der Waals surface area contributed by atoms with E-state index < -0.39 is 11.9 Å². The van der Waals surface area contributed by atoms with Crippen LogP contribution in [0, 0.1) is 0 Å². The molecule has 2 amide bonds. The Bertz CT molecular complexity index is 807. The summed E-state index contributed by atoms with van der Waals surface area (Å²) in [6.45, 7) is 4.63. The molecule has 0 radical (unpaired) electrons. The van der Waals surface area contributed by atoms with E-state index in [2.05, 4.69) is 5.32 Å². The van der Waals surface area contributed by atoms with Crippen LogP contribution in [0.3, 0.4) is 0 Å². The van der Waals surface area contributed by atoms with Gasteiger partial charge < -0.3 is 19.9 Å². The number of rotatable bonds is 8. The van der Waals surface area contributed by atoms with E-state index in [0.717, 1.165) is 0 Å². The van der Waals surface area contributed by atoms with Gasteiger partial charge in [-0.1, -0.05) is 29.8 Å². The van der Waals surface area contributed by atoms with Gasteiger partial charge in [-0.15, -0.1) is 0 Å². The van der Waals surface area contributed by atoms with Gasteiger partial charge in [0.2, 0.25) is 11.8 Å². The van der Waals surface area contributed by atoms with Crippen LogP contribution < -0.4 is 5.32 Å². The molecular weight excluding hydrogens is 394 g/mol. The molecule has 158 valence electrons. The first-order valence-corrected chi connectivity index (χ1v) is 9.98. The van der Waals surface area contributed by atoms with Gasteiger partial charge in [-0.2, -0.15) is 0 Å². The van der Waals surface area contributed by atoms with Crippen molar-refractivity contribution in [2.45, 2.75) is 26.2 Å². The van der Waals surface area contributed by atoms with Crippen molar-refractivity contribution in [3.8, 4) is 0 Å². The fourth-order valence-corrected chi connectivity index (χ4v) is 3.59. The van der Waals surface area contributed by atoms with Crippen molar-refractivity contribution >= 4 is 29.4 Å².